The molecular formula is C13H23N3O2. The molecule has 0 radical (unpaired) electrons. The maximum atomic E-state index is 5.44. The van der Waals surface area contributed by atoms with Crippen LogP contribution < -0.4 is 5.32 Å². The third-order valence-corrected chi connectivity index (χ3v) is 3.27. The van der Waals surface area contributed by atoms with Crippen molar-refractivity contribution in [2.24, 2.45) is 5.92 Å². The summed E-state index contributed by atoms with van der Waals surface area (Å²) in [4.78, 5) is 4.45. The van der Waals surface area contributed by atoms with Crippen molar-refractivity contribution in [2.45, 2.75) is 51.7 Å². The molecule has 1 saturated carbocycles. The topological polar surface area (TPSA) is 60.2 Å². The van der Waals surface area contributed by atoms with Crippen molar-refractivity contribution in [3.63, 3.8) is 0 Å². The van der Waals surface area contributed by atoms with Crippen LogP contribution in [0.5, 0.6) is 0 Å². The molecule has 0 saturated heterocycles. The molecule has 1 fully saturated rings. The molecule has 1 aromatic heterocycles. The van der Waals surface area contributed by atoms with Crippen LogP contribution in [0.15, 0.2) is 4.52 Å². The molecule has 1 aliphatic carbocycles. The molecule has 0 aromatic carbocycles. The van der Waals surface area contributed by atoms with Crippen LogP contribution in [0.4, 0.5) is 0 Å². The third-order valence-electron chi connectivity index (χ3n) is 3.27. The van der Waals surface area contributed by atoms with Crippen LogP contribution in [0.25, 0.3) is 0 Å². The van der Waals surface area contributed by atoms with Crippen LogP contribution in [-0.2, 0) is 11.2 Å². The van der Waals surface area contributed by atoms with Gasteiger partial charge >= 0.3 is 0 Å². The van der Waals surface area contributed by atoms with E-state index in [2.05, 4.69) is 29.3 Å². The van der Waals surface area contributed by atoms with Crippen molar-refractivity contribution in [1.82, 2.24) is 15.5 Å². The molecule has 18 heavy (non-hydrogen) atoms. The molecule has 0 spiro atoms. The van der Waals surface area contributed by atoms with Crippen LogP contribution in [-0.4, -0.2) is 29.8 Å². The Labute approximate surface area is 108 Å². The van der Waals surface area contributed by atoms with Crippen LogP contribution in [0, 0.1) is 5.92 Å². The standard InChI is InChI=1S/C13H23N3O2/c1-4-7-14-9(2)8-11-15-13(16-18-11)12(17-3)10-5-6-10/h9-10,12,14H,4-8H2,1-3H3. The summed E-state index contributed by atoms with van der Waals surface area (Å²) >= 11 is 0. The normalized spacial score (nSPS) is 18.8. The molecule has 1 aromatic rings. The summed E-state index contributed by atoms with van der Waals surface area (Å²) in [6.45, 7) is 5.31. The minimum Gasteiger partial charge on any atom is -0.373 e. The lowest BCUT2D eigenvalue weighted by Crippen LogP contribution is -2.28. The van der Waals surface area contributed by atoms with Crippen LogP contribution in [0.2, 0.25) is 0 Å². The second-order valence-corrected chi connectivity index (χ2v) is 5.10. The Morgan fingerprint density at radius 3 is 2.89 bits per heavy atom. The largest absolute Gasteiger partial charge is 0.373 e. The number of hydrogen-bond donors (Lipinski definition) is 1. The van der Waals surface area contributed by atoms with E-state index < -0.39 is 0 Å². The lowest BCUT2D eigenvalue weighted by molar-refractivity contribution is 0.0751. The highest BCUT2D eigenvalue weighted by molar-refractivity contribution is 4.98. The fourth-order valence-corrected chi connectivity index (χ4v) is 2.10. The highest BCUT2D eigenvalue weighted by Gasteiger charge is 2.35. The van der Waals surface area contributed by atoms with Gasteiger partial charge in [-0.2, -0.15) is 4.98 Å². The molecule has 102 valence electrons. The van der Waals surface area contributed by atoms with Crippen molar-refractivity contribution >= 4 is 0 Å². The minimum absolute atomic E-state index is 0.0152. The number of ether oxygens (including phenoxy) is 1. The number of hydrogen-bond acceptors (Lipinski definition) is 5. The van der Waals surface area contributed by atoms with Crippen molar-refractivity contribution in [3.05, 3.63) is 11.7 Å². The predicted molar refractivity (Wildman–Crippen MR) is 68.2 cm³/mol. The quantitative estimate of drug-likeness (QED) is 0.768. The molecule has 5 nitrogen and oxygen atoms in total. The molecule has 1 N–H and O–H groups in total. The first kappa shape index (κ1) is 13.5. The van der Waals surface area contributed by atoms with Gasteiger partial charge in [-0.15, -0.1) is 0 Å². The van der Waals surface area contributed by atoms with Gasteiger partial charge in [0.15, 0.2) is 0 Å². The summed E-state index contributed by atoms with van der Waals surface area (Å²) < 4.78 is 10.7. The fraction of sp³-hybridized carbons (Fsp3) is 0.846. The average Bonchev–Trinajstić information content (AvgIpc) is 3.09. The van der Waals surface area contributed by atoms with Gasteiger partial charge < -0.3 is 14.6 Å². The van der Waals surface area contributed by atoms with Gasteiger partial charge in [0.2, 0.25) is 11.7 Å². The van der Waals surface area contributed by atoms with Crippen LogP contribution in [0.3, 0.4) is 0 Å². The van der Waals surface area contributed by atoms with Gasteiger partial charge in [-0.3, -0.25) is 0 Å². The van der Waals surface area contributed by atoms with E-state index in [1.54, 1.807) is 7.11 Å². The SMILES string of the molecule is CCCNC(C)Cc1nc(C(OC)C2CC2)no1. The Balaban J connectivity index is 1.88. The highest BCUT2D eigenvalue weighted by Crippen LogP contribution is 2.41. The maximum absolute atomic E-state index is 5.44. The zero-order chi connectivity index (χ0) is 13.0. The average molecular weight is 253 g/mol. The van der Waals surface area contributed by atoms with E-state index in [1.807, 2.05) is 0 Å². The lowest BCUT2D eigenvalue weighted by Gasteiger charge is -2.10. The Bertz CT molecular complexity index is 363. The second-order valence-electron chi connectivity index (χ2n) is 5.10. The summed E-state index contributed by atoms with van der Waals surface area (Å²) in [5, 5.41) is 7.45. The Morgan fingerprint density at radius 1 is 1.50 bits per heavy atom. The number of methoxy groups -OCH3 is 1. The molecule has 2 rings (SSSR count). The maximum Gasteiger partial charge on any atom is 0.228 e. The summed E-state index contributed by atoms with van der Waals surface area (Å²) in [5.41, 5.74) is 0. The van der Waals surface area contributed by atoms with E-state index in [-0.39, 0.29) is 6.10 Å². The molecular weight excluding hydrogens is 230 g/mol. The number of nitrogens with one attached hydrogen (secondary N) is 1. The smallest absolute Gasteiger partial charge is 0.228 e. The Morgan fingerprint density at radius 2 is 2.28 bits per heavy atom. The van der Waals surface area contributed by atoms with Gasteiger partial charge in [0.1, 0.15) is 6.10 Å². The monoisotopic (exact) mass is 253 g/mol. The van der Waals surface area contributed by atoms with E-state index in [1.165, 1.54) is 12.8 Å². The Hall–Kier alpha value is -0.940. The van der Waals surface area contributed by atoms with E-state index >= 15 is 0 Å². The van der Waals surface area contributed by atoms with Gasteiger partial charge in [-0.1, -0.05) is 12.1 Å². The zero-order valence-corrected chi connectivity index (χ0v) is 11.5. The summed E-state index contributed by atoms with van der Waals surface area (Å²) in [6.07, 6.45) is 4.33. The fourth-order valence-electron chi connectivity index (χ4n) is 2.10. The Kier molecular flexibility index (Phi) is 4.72. The first-order valence-corrected chi connectivity index (χ1v) is 6.83. The van der Waals surface area contributed by atoms with Crippen molar-refractivity contribution in [2.75, 3.05) is 13.7 Å². The number of nitrogens with zero attached hydrogens (tertiary/aromatic N) is 2. The summed E-state index contributed by atoms with van der Waals surface area (Å²) in [7, 11) is 1.71. The second kappa shape index (κ2) is 6.29. The first-order valence-electron chi connectivity index (χ1n) is 6.83. The van der Waals surface area contributed by atoms with E-state index in [9.17, 15) is 0 Å². The predicted octanol–water partition coefficient (Wildman–Crippen LogP) is 2.10. The van der Waals surface area contributed by atoms with E-state index in [0.29, 0.717) is 23.7 Å². The van der Waals surface area contributed by atoms with Gasteiger partial charge in [0.05, 0.1) is 0 Å². The molecule has 5 heteroatoms. The van der Waals surface area contributed by atoms with E-state index in [0.717, 1.165) is 19.4 Å². The molecule has 0 aliphatic heterocycles. The third kappa shape index (κ3) is 3.53. The lowest BCUT2D eigenvalue weighted by atomic mass is 10.2. The minimum atomic E-state index is 0.0152. The van der Waals surface area contributed by atoms with E-state index in [4.69, 9.17) is 9.26 Å². The molecule has 0 bridgehead atoms. The van der Waals surface area contributed by atoms with Crippen molar-refractivity contribution in [3.8, 4) is 0 Å². The van der Waals surface area contributed by atoms with Crippen LogP contribution >= 0.6 is 0 Å². The van der Waals surface area contributed by atoms with Gasteiger partial charge in [0.25, 0.3) is 0 Å². The number of rotatable bonds is 8. The summed E-state index contributed by atoms with van der Waals surface area (Å²) in [6, 6.07) is 0.361. The van der Waals surface area contributed by atoms with Gasteiger partial charge in [-0.05, 0) is 38.6 Å². The summed E-state index contributed by atoms with van der Waals surface area (Å²) in [5.74, 6) is 1.98. The number of aromatic nitrogens is 2. The molecule has 1 aliphatic rings. The zero-order valence-electron chi connectivity index (χ0n) is 11.5. The highest BCUT2D eigenvalue weighted by atomic mass is 16.5. The molecule has 1 heterocycles. The van der Waals surface area contributed by atoms with Gasteiger partial charge in [0, 0.05) is 19.6 Å². The van der Waals surface area contributed by atoms with Crippen LogP contribution in [0.1, 0.15) is 50.9 Å². The molecule has 0 amide bonds. The molecule has 2 unspecified atom stereocenters. The van der Waals surface area contributed by atoms with Gasteiger partial charge in [-0.25, -0.2) is 0 Å². The first-order chi connectivity index (χ1) is 8.74. The van der Waals surface area contributed by atoms with Crippen molar-refractivity contribution in [1.29, 1.82) is 0 Å². The molecule has 2 atom stereocenters. The van der Waals surface area contributed by atoms with Crippen molar-refractivity contribution < 1.29 is 9.26 Å².